The zero-order valence-electron chi connectivity index (χ0n) is 11.6. The van der Waals surface area contributed by atoms with Crippen LogP contribution in [0.2, 0.25) is 0 Å². The van der Waals surface area contributed by atoms with E-state index in [9.17, 15) is 8.42 Å². The Balaban J connectivity index is 2.76. The van der Waals surface area contributed by atoms with Crippen LogP contribution in [0.4, 0.5) is 5.69 Å². The zero-order valence-corrected chi connectivity index (χ0v) is 14.0. The van der Waals surface area contributed by atoms with Crippen LogP contribution in [0, 0.1) is 13.8 Å². The Morgan fingerprint density at radius 1 is 1.05 bits per heavy atom. The van der Waals surface area contributed by atoms with E-state index in [1.807, 2.05) is 19.9 Å². The van der Waals surface area contributed by atoms with Gasteiger partial charge in [0.25, 0.3) is 0 Å². The summed E-state index contributed by atoms with van der Waals surface area (Å²) in [5.41, 5.74) is 2.48. The summed E-state index contributed by atoms with van der Waals surface area (Å²) < 4.78 is 26.3. The quantitative estimate of drug-likeness (QED) is 0.908. The van der Waals surface area contributed by atoms with E-state index >= 15 is 0 Å². The molecule has 106 valence electrons. The van der Waals surface area contributed by atoms with Gasteiger partial charge in [-0.15, -0.1) is 0 Å². The lowest BCUT2D eigenvalue weighted by Gasteiger charge is -2.15. The summed E-state index contributed by atoms with van der Waals surface area (Å²) in [6, 6.07) is 10.5. The number of hydrogen-bond acceptors (Lipinski definition) is 3. The number of hydrogen-bond donors (Lipinski definition) is 1. The Kier molecular flexibility index (Phi) is 4.20. The summed E-state index contributed by atoms with van der Waals surface area (Å²) in [5, 5.41) is 2.99. The molecule has 0 aliphatic rings. The lowest BCUT2D eigenvalue weighted by molar-refractivity contribution is 0.595. The normalized spacial score (nSPS) is 11.4. The average molecular weight is 354 g/mol. The second kappa shape index (κ2) is 5.58. The van der Waals surface area contributed by atoms with Gasteiger partial charge in [0.05, 0.1) is 15.5 Å². The van der Waals surface area contributed by atoms with Gasteiger partial charge in [-0.05, 0) is 59.1 Å². The highest BCUT2D eigenvalue weighted by Crippen LogP contribution is 2.34. The van der Waals surface area contributed by atoms with Crippen molar-refractivity contribution in [2.75, 3.05) is 12.4 Å². The van der Waals surface area contributed by atoms with Crippen molar-refractivity contribution < 1.29 is 8.42 Å². The Labute approximate surface area is 128 Å². The number of aryl methyl sites for hydroxylation is 2. The summed E-state index contributed by atoms with van der Waals surface area (Å²) in [5.74, 6) is 0. The summed E-state index contributed by atoms with van der Waals surface area (Å²) in [7, 11) is -1.83. The van der Waals surface area contributed by atoms with Gasteiger partial charge in [0.1, 0.15) is 0 Å². The molecule has 0 aliphatic heterocycles. The molecule has 0 aliphatic carbocycles. The number of sulfone groups is 1. The molecule has 0 saturated heterocycles. The molecule has 0 spiro atoms. The first-order valence-electron chi connectivity index (χ1n) is 6.16. The zero-order chi connectivity index (χ0) is 14.9. The van der Waals surface area contributed by atoms with Crippen molar-refractivity contribution >= 4 is 31.5 Å². The minimum Gasteiger partial charge on any atom is -0.387 e. The molecule has 20 heavy (non-hydrogen) atoms. The van der Waals surface area contributed by atoms with E-state index in [-0.39, 0.29) is 4.90 Å². The molecule has 2 aromatic rings. The summed E-state index contributed by atoms with van der Waals surface area (Å²) in [6.45, 7) is 3.80. The smallest absolute Gasteiger partial charge is 0.209 e. The second-order valence-electron chi connectivity index (χ2n) is 4.64. The van der Waals surface area contributed by atoms with E-state index in [2.05, 4.69) is 21.2 Å². The van der Waals surface area contributed by atoms with Gasteiger partial charge in [0.2, 0.25) is 9.84 Å². The molecule has 0 fully saturated rings. The third kappa shape index (κ3) is 2.60. The van der Waals surface area contributed by atoms with Gasteiger partial charge in [0.15, 0.2) is 0 Å². The summed E-state index contributed by atoms with van der Waals surface area (Å²) in [6.07, 6.45) is 0. The molecule has 0 aromatic heterocycles. The summed E-state index contributed by atoms with van der Waals surface area (Å²) in [4.78, 5) is 0.589. The van der Waals surface area contributed by atoms with Crippen molar-refractivity contribution in [3.8, 4) is 0 Å². The van der Waals surface area contributed by atoms with Crippen LogP contribution in [0.1, 0.15) is 11.1 Å². The van der Waals surface area contributed by atoms with Crippen molar-refractivity contribution in [2.24, 2.45) is 0 Å². The van der Waals surface area contributed by atoms with Gasteiger partial charge in [-0.25, -0.2) is 8.42 Å². The number of anilines is 1. The van der Waals surface area contributed by atoms with Crippen molar-refractivity contribution in [1.82, 2.24) is 0 Å². The van der Waals surface area contributed by atoms with Crippen LogP contribution in [0.3, 0.4) is 0 Å². The molecule has 0 unspecified atom stereocenters. The average Bonchev–Trinajstić information content (AvgIpc) is 2.38. The van der Waals surface area contributed by atoms with E-state index < -0.39 is 9.84 Å². The fourth-order valence-electron chi connectivity index (χ4n) is 2.24. The maximum atomic E-state index is 12.9. The number of benzene rings is 2. The minimum atomic E-state index is -3.57. The SMILES string of the molecule is CNc1c(C)cc(C)cc1S(=O)(=O)c1ccccc1Br. The van der Waals surface area contributed by atoms with Gasteiger partial charge in [-0.3, -0.25) is 0 Å². The first-order valence-corrected chi connectivity index (χ1v) is 8.44. The van der Waals surface area contributed by atoms with E-state index in [1.54, 1.807) is 37.4 Å². The highest BCUT2D eigenvalue weighted by molar-refractivity contribution is 9.10. The maximum absolute atomic E-state index is 12.9. The molecule has 1 N–H and O–H groups in total. The van der Waals surface area contributed by atoms with Crippen molar-refractivity contribution in [2.45, 2.75) is 23.6 Å². The molecule has 0 bridgehead atoms. The lowest BCUT2D eigenvalue weighted by atomic mass is 10.1. The Hall–Kier alpha value is -1.33. The van der Waals surface area contributed by atoms with Gasteiger partial charge < -0.3 is 5.32 Å². The van der Waals surface area contributed by atoms with Crippen LogP contribution in [-0.4, -0.2) is 15.5 Å². The van der Waals surface area contributed by atoms with E-state index in [4.69, 9.17) is 0 Å². The Bertz CT molecular complexity index is 754. The molecular formula is C15H16BrNO2S. The number of rotatable bonds is 3. The van der Waals surface area contributed by atoms with Gasteiger partial charge in [-0.1, -0.05) is 18.2 Å². The summed E-state index contributed by atoms with van der Waals surface area (Å²) >= 11 is 3.31. The predicted octanol–water partition coefficient (Wildman–Crippen LogP) is 3.94. The maximum Gasteiger partial charge on any atom is 0.209 e. The van der Waals surface area contributed by atoms with Gasteiger partial charge in [-0.2, -0.15) is 0 Å². The first kappa shape index (κ1) is 15.1. The highest BCUT2D eigenvalue weighted by Gasteiger charge is 2.24. The minimum absolute atomic E-state index is 0.279. The fraction of sp³-hybridized carbons (Fsp3) is 0.200. The molecule has 3 nitrogen and oxygen atoms in total. The Morgan fingerprint density at radius 2 is 1.70 bits per heavy atom. The Morgan fingerprint density at radius 3 is 2.30 bits per heavy atom. The van der Waals surface area contributed by atoms with E-state index in [0.717, 1.165) is 11.1 Å². The van der Waals surface area contributed by atoms with Crippen LogP contribution >= 0.6 is 15.9 Å². The monoisotopic (exact) mass is 353 g/mol. The first-order chi connectivity index (χ1) is 9.37. The van der Waals surface area contributed by atoms with Gasteiger partial charge in [0, 0.05) is 11.5 Å². The fourth-order valence-corrected chi connectivity index (χ4v) is 4.86. The van der Waals surface area contributed by atoms with E-state index in [0.29, 0.717) is 15.1 Å². The molecular weight excluding hydrogens is 338 g/mol. The molecule has 0 saturated carbocycles. The van der Waals surface area contributed by atoms with Crippen LogP contribution in [0.5, 0.6) is 0 Å². The molecule has 0 heterocycles. The highest BCUT2D eigenvalue weighted by atomic mass is 79.9. The molecule has 0 amide bonds. The molecule has 0 radical (unpaired) electrons. The third-order valence-electron chi connectivity index (χ3n) is 3.11. The van der Waals surface area contributed by atoms with Crippen molar-refractivity contribution in [3.05, 3.63) is 52.0 Å². The van der Waals surface area contributed by atoms with Crippen molar-refractivity contribution in [3.63, 3.8) is 0 Å². The molecule has 0 atom stereocenters. The second-order valence-corrected chi connectivity index (χ2v) is 7.38. The number of nitrogens with one attached hydrogen (secondary N) is 1. The topological polar surface area (TPSA) is 46.2 Å². The van der Waals surface area contributed by atoms with Crippen LogP contribution in [0.15, 0.2) is 50.7 Å². The molecule has 2 aromatic carbocycles. The van der Waals surface area contributed by atoms with Crippen LogP contribution in [0.25, 0.3) is 0 Å². The van der Waals surface area contributed by atoms with Crippen LogP contribution < -0.4 is 5.32 Å². The van der Waals surface area contributed by atoms with Crippen LogP contribution in [-0.2, 0) is 9.84 Å². The predicted molar refractivity (Wildman–Crippen MR) is 85.1 cm³/mol. The standard InChI is InChI=1S/C15H16BrNO2S/c1-10-8-11(2)15(17-3)14(9-10)20(18,19)13-7-5-4-6-12(13)16/h4-9,17H,1-3H3. The lowest BCUT2D eigenvalue weighted by Crippen LogP contribution is -2.08. The molecule has 2 rings (SSSR count). The van der Waals surface area contributed by atoms with Gasteiger partial charge >= 0.3 is 0 Å². The number of halogens is 1. The molecule has 5 heteroatoms. The third-order valence-corrected chi connectivity index (χ3v) is 5.90. The van der Waals surface area contributed by atoms with E-state index in [1.165, 1.54) is 0 Å². The largest absolute Gasteiger partial charge is 0.387 e. The van der Waals surface area contributed by atoms with Crippen molar-refractivity contribution in [1.29, 1.82) is 0 Å².